The summed E-state index contributed by atoms with van der Waals surface area (Å²) in [6.45, 7) is 83.6. The highest BCUT2D eigenvalue weighted by molar-refractivity contribution is 5.74. The molecule has 9 saturated heterocycles. The second-order valence-electron chi connectivity index (χ2n) is 39.0. The van der Waals surface area contributed by atoms with E-state index in [9.17, 15) is 29.1 Å². The Morgan fingerprint density at radius 1 is 0.406 bits per heavy atom. The number of methoxy groups -OCH3 is 1. The fourth-order valence-corrected chi connectivity index (χ4v) is 13.6. The van der Waals surface area contributed by atoms with Crippen molar-refractivity contribution in [3.63, 3.8) is 0 Å². The van der Waals surface area contributed by atoms with Crippen molar-refractivity contribution in [1.29, 1.82) is 0 Å². The summed E-state index contributed by atoms with van der Waals surface area (Å²) in [6, 6.07) is 0.425. The van der Waals surface area contributed by atoms with Crippen LogP contribution < -0.4 is 16.0 Å². The van der Waals surface area contributed by atoms with Gasteiger partial charge < -0.3 is 51.1 Å². The lowest BCUT2D eigenvalue weighted by atomic mass is 9.93. The highest BCUT2D eigenvalue weighted by Crippen LogP contribution is 2.29. The number of ether oxygens (including phenoxy) is 1. The topological polar surface area (TPSA) is 258 Å². The molecule has 22 heteroatoms. The number of carboxylic acid groups (broad SMARTS) is 3. The quantitative estimate of drug-likeness (QED) is 0.119. The molecule has 630 valence electrons. The summed E-state index contributed by atoms with van der Waals surface area (Å²) in [6.07, 6.45) is 11.8. The van der Waals surface area contributed by atoms with Crippen LogP contribution in [0.2, 0.25) is 0 Å². The molecule has 9 fully saturated rings. The number of carbonyl (C=O) groups excluding carboxylic acids is 2. The summed E-state index contributed by atoms with van der Waals surface area (Å²) in [5.74, 6) is 0.254. The van der Waals surface area contributed by atoms with Crippen molar-refractivity contribution in [3.8, 4) is 0 Å². The van der Waals surface area contributed by atoms with Crippen LogP contribution >= 0.6 is 0 Å². The second-order valence-corrected chi connectivity index (χ2v) is 39.0. The summed E-state index contributed by atoms with van der Waals surface area (Å²) in [4.78, 5) is 72.8. The Kier molecular flexibility index (Phi) is 51.0. The number of hydrogen-bond acceptors (Lipinski definition) is 18. The zero-order valence-electron chi connectivity index (χ0n) is 74.3. The summed E-state index contributed by atoms with van der Waals surface area (Å²) < 4.78 is 4.79. The van der Waals surface area contributed by atoms with Crippen molar-refractivity contribution in [2.45, 2.75) is 335 Å². The number of hydrogen-bond donors (Lipinski definition) is 8. The van der Waals surface area contributed by atoms with Crippen molar-refractivity contribution < 1.29 is 54.2 Å². The summed E-state index contributed by atoms with van der Waals surface area (Å²) in [7, 11) is 1.47. The molecule has 1 amide bonds. The van der Waals surface area contributed by atoms with Gasteiger partial charge in [-0.3, -0.25) is 58.3 Å². The number of aliphatic hydroxyl groups is 2. The van der Waals surface area contributed by atoms with E-state index in [1.54, 1.807) is 6.92 Å². The molecule has 0 aromatic carbocycles. The molecule has 0 saturated carbocycles. The number of amides is 1. The van der Waals surface area contributed by atoms with Crippen molar-refractivity contribution in [2.24, 2.45) is 35.5 Å². The van der Waals surface area contributed by atoms with Crippen LogP contribution in [-0.4, -0.2) is 296 Å². The van der Waals surface area contributed by atoms with E-state index >= 15 is 0 Å². The average molecular weight is 1510 g/mol. The minimum atomic E-state index is -0.678. The van der Waals surface area contributed by atoms with Gasteiger partial charge in [0.25, 0.3) is 0 Å². The van der Waals surface area contributed by atoms with E-state index in [1.165, 1.54) is 33.2 Å². The first kappa shape index (κ1) is 105. The molecule has 1 unspecified atom stereocenters. The summed E-state index contributed by atoms with van der Waals surface area (Å²) >= 11 is 0. The van der Waals surface area contributed by atoms with Gasteiger partial charge in [0.05, 0.1) is 31.0 Å². The molecule has 9 heterocycles. The molecule has 0 aromatic rings. The standard InChI is InChI=1S/C11H21NO2.C10H20N2O.C10H19NO2.C9H20N2.C9H17NO2.C8H17NO.C7H15N.C6H11NO2.C6H13NO.2C4H10/c1-11(2,3)12-7-5-6-9(8-12)10(13)14-4;1-9(13)11-5-7-12(8-6-11)10(2,3)4;1-10(2,3)11-6-4-5-8(7-11)9(12)13;1-8-7-10-5-6-11(8)9(2,3)4;1-9(2,3)10-6-4-5-7(10)8(11)12;1-8(2,3)9-5-4-7(10)6-9;1-7(2,3)8-5-4-6-8;8-6(9)5-1-3-7-4-2-5;8-5-6-1-3-7-4-2-6;2*1-4(2)3/h9H,5-8H2,1-4H3;5-8H2,1-4H3;8H,4-7H2,1-3H3,(H,12,13);8,10H,5-7H2,1-4H3;7H,4-6H2,1-3H3,(H,11,12);7,10H,4-6H2,1-3H3;4-6H2,1-3H3;5,7H,1-4H2,(H,8,9);6-8H,1-5H2;2*4H,1-3H3/t9-;;2*8-;7-;;;;;;/m1.110....../s1. The van der Waals surface area contributed by atoms with E-state index in [0.29, 0.717) is 36.2 Å². The molecule has 0 spiro atoms. The number of likely N-dealkylation sites (tertiary alicyclic amines) is 5. The lowest BCUT2D eigenvalue weighted by Crippen LogP contribution is -2.56. The lowest BCUT2D eigenvalue weighted by molar-refractivity contribution is -0.148. The van der Waals surface area contributed by atoms with Crippen molar-refractivity contribution in [3.05, 3.63) is 0 Å². The smallest absolute Gasteiger partial charge is 0.320 e. The Bertz CT molecular complexity index is 2320. The Morgan fingerprint density at radius 3 is 1.06 bits per heavy atom. The van der Waals surface area contributed by atoms with Crippen LogP contribution in [0.15, 0.2) is 0 Å². The highest BCUT2D eigenvalue weighted by Gasteiger charge is 2.38. The largest absolute Gasteiger partial charge is 0.481 e. The fourth-order valence-electron chi connectivity index (χ4n) is 13.6. The van der Waals surface area contributed by atoms with E-state index < -0.39 is 17.9 Å². The van der Waals surface area contributed by atoms with Crippen LogP contribution in [0.4, 0.5) is 0 Å². The predicted octanol–water partition coefficient (Wildman–Crippen LogP) is 12.3. The van der Waals surface area contributed by atoms with Gasteiger partial charge in [-0.15, -0.1) is 0 Å². The first-order valence-corrected chi connectivity index (χ1v) is 41.2. The Balaban J connectivity index is 0. The van der Waals surface area contributed by atoms with Crippen LogP contribution in [0.3, 0.4) is 0 Å². The zero-order chi connectivity index (χ0) is 82.4. The molecule has 9 aliphatic rings. The molecule has 22 nitrogen and oxygen atoms in total. The molecule has 0 radical (unpaired) electrons. The van der Waals surface area contributed by atoms with Gasteiger partial charge in [-0.05, 0) is 306 Å². The van der Waals surface area contributed by atoms with E-state index in [-0.39, 0.29) is 69.5 Å². The number of carbonyl (C=O) groups is 5. The Hall–Kier alpha value is -3.13. The molecule has 9 rings (SSSR count). The van der Waals surface area contributed by atoms with Crippen molar-refractivity contribution in [2.75, 3.05) is 145 Å². The van der Waals surface area contributed by atoms with Gasteiger partial charge in [-0.1, -0.05) is 41.5 Å². The van der Waals surface area contributed by atoms with E-state index in [1.807, 2.05) is 4.90 Å². The molecule has 9 aliphatic heterocycles. The number of aliphatic carboxylic acids is 3. The summed E-state index contributed by atoms with van der Waals surface area (Å²) in [5, 5.41) is 53.9. The molecular formula is C84H173N11O11. The van der Waals surface area contributed by atoms with Crippen molar-refractivity contribution in [1.82, 2.24) is 55.1 Å². The molecule has 8 N–H and O–H groups in total. The van der Waals surface area contributed by atoms with Gasteiger partial charge in [0.1, 0.15) is 6.04 Å². The van der Waals surface area contributed by atoms with Crippen LogP contribution in [0.25, 0.3) is 0 Å². The minimum Gasteiger partial charge on any atom is -0.481 e. The maximum Gasteiger partial charge on any atom is 0.320 e. The van der Waals surface area contributed by atoms with Crippen LogP contribution in [-0.2, 0) is 28.7 Å². The van der Waals surface area contributed by atoms with Gasteiger partial charge >= 0.3 is 23.9 Å². The molecular weight excluding hydrogens is 1340 g/mol. The van der Waals surface area contributed by atoms with Gasteiger partial charge in [-0.2, -0.15) is 0 Å². The maximum atomic E-state index is 11.4. The third-order valence-electron chi connectivity index (χ3n) is 20.4. The Morgan fingerprint density at radius 2 is 0.783 bits per heavy atom. The van der Waals surface area contributed by atoms with E-state index in [4.69, 9.17) is 25.2 Å². The SMILES string of the molecule is CC(=O)N1CCN(C(C)(C)C)CC1.CC(C)(C)N1CCC(O)C1.CC(C)(C)N1CCC1.CC(C)(C)N1CCC[C@@H](C(=O)O)C1.CC(C)(C)N1CCC[C@H]1C(=O)O.CC(C)C.CC(C)C.COC(=O)[C@@H]1CCCN(C(C)(C)C)C1.C[C@@H]1CNCCN1C(C)(C)C.O=C(O)C1CCNCC1.OCC1CCNCC1. The van der Waals surface area contributed by atoms with E-state index in [2.05, 4.69) is 244 Å². The maximum absolute atomic E-state index is 11.4. The number of esters is 1. The average Bonchev–Trinajstić information content (AvgIpc) is 1.59. The lowest BCUT2D eigenvalue weighted by Gasteiger charge is -2.43. The molecule has 0 aliphatic carbocycles. The number of rotatable bonds is 5. The highest BCUT2D eigenvalue weighted by atomic mass is 16.5. The molecule has 106 heavy (non-hydrogen) atoms. The number of nitrogens with zero attached hydrogens (tertiary/aromatic N) is 8. The first-order chi connectivity index (χ1) is 48.5. The minimum absolute atomic E-state index is 0.0143. The number of piperazine rings is 2. The van der Waals surface area contributed by atoms with Gasteiger partial charge in [-0.25, -0.2) is 0 Å². The van der Waals surface area contributed by atoms with Gasteiger partial charge in [0.2, 0.25) is 5.91 Å². The predicted molar refractivity (Wildman–Crippen MR) is 442 cm³/mol. The molecule has 0 aromatic heterocycles. The number of nitrogens with one attached hydrogen (secondary N) is 3. The molecule has 0 bridgehead atoms. The van der Waals surface area contributed by atoms with Crippen LogP contribution in [0.5, 0.6) is 0 Å². The van der Waals surface area contributed by atoms with Gasteiger partial charge in [0, 0.05) is 130 Å². The third kappa shape index (κ3) is 47.9. The van der Waals surface area contributed by atoms with Crippen LogP contribution in [0.1, 0.15) is 278 Å². The third-order valence-corrected chi connectivity index (χ3v) is 20.4. The van der Waals surface area contributed by atoms with Crippen LogP contribution in [0, 0.1) is 35.5 Å². The number of carboxylic acids is 3. The van der Waals surface area contributed by atoms with Gasteiger partial charge in [0.15, 0.2) is 0 Å². The monoisotopic (exact) mass is 1510 g/mol. The second kappa shape index (κ2) is 51.5. The van der Waals surface area contributed by atoms with Crippen molar-refractivity contribution >= 4 is 29.8 Å². The summed E-state index contributed by atoms with van der Waals surface area (Å²) in [5.41, 5.74) is 1.49. The number of β-amino-alcohol motifs (C(OH)–C–C–N with tert-alkyl or cyclic N) is 1. The number of aliphatic hydroxyl groups excluding tert-OH is 2. The normalized spacial score (nSPS) is 23.7. The number of piperidine rings is 4. The van der Waals surface area contributed by atoms with E-state index in [0.717, 1.165) is 187 Å². The molecule has 5 atom stereocenters. The zero-order valence-corrected chi connectivity index (χ0v) is 74.3. The Labute approximate surface area is 651 Å². The fraction of sp³-hybridized carbons (Fsp3) is 0.940. The first-order valence-electron chi connectivity index (χ1n) is 41.2.